The minimum Gasteiger partial charge on any atom is -0.493 e. The van der Waals surface area contributed by atoms with Crippen LogP contribution in [-0.4, -0.2) is 22.1 Å². The van der Waals surface area contributed by atoms with Gasteiger partial charge in [0, 0.05) is 7.05 Å². The zero-order valence-electron chi connectivity index (χ0n) is 14.9. The average molecular weight is 337 g/mol. The third-order valence-electron chi connectivity index (χ3n) is 4.25. The predicted molar refractivity (Wildman–Crippen MR) is 98.6 cm³/mol. The molecule has 0 aliphatic carbocycles. The zero-order chi connectivity index (χ0) is 17.8. The molecule has 0 saturated carbocycles. The second-order valence-electron chi connectivity index (χ2n) is 6.22. The predicted octanol–water partition coefficient (Wildman–Crippen LogP) is 3.28. The molecule has 3 aromatic rings. The molecule has 0 bridgehead atoms. The smallest absolute Gasteiger partial charge is 0.223 e. The Bertz CT molecular complexity index is 899. The molecule has 0 fully saturated rings. The summed E-state index contributed by atoms with van der Waals surface area (Å²) in [4.78, 5) is 16.6. The molecule has 25 heavy (non-hydrogen) atoms. The van der Waals surface area contributed by atoms with E-state index in [1.165, 1.54) is 0 Å². The van der Waals surface area contributed by atoms with E-state index in [1.807, 2.05) is 67.9 Å². The molecule has 3 rings (SSSR count). The van der Waals surface area contributed by atoms with Gasteiger partial charge < -0.3 is 14.6 Å². The highest BCUT2D eigenvalue weighted by atomic mass is 16.5. The second kappa shape index (κ2) is 7.38. The number of aryl methyl sites for hydroxylation is 3. The van der Waals surface area contributed by atoms with Crippen LogP contribution in [0, 0.1) is 13.8 Å². The van der Waals surface area contributed by atoms with Gasteiger partial charge in [-0.3, -0.25) is 4.79 Å². The number of carbonyl (C=O) groups is 1. The van der Waals surface area contributed by atoms with Crippen LogP contribution in [0.5, 0.6) is 5.75 Å². The highest BCUT2D eigenvalue weighted by molar-refractivity contribution is 5.77. The number of carbonyl (C=O) groups excluding carboxylic acids is 1. The third-order valence-corrected chi connectivity index (χ3v) is 4.25. The highest BCUT2D eigenvalue weighted by Crippen LogP contribution is 2.19. The third kappa shape index (κ3) is 3.99. The molecule has 0 unspecified atom stereocenters. The van der Waals surface area contributed by atoms with Gasteiger partial charge in [0.05, 0.1) is 30.6 Å². The normalized spacial score (nSPS) is 10.8. The number of ether oxygens (including phenoxy) is 1. The van der Waals surface area contributed by atoms with Crippen molar-refractivity contribution in [3.8, 4) is 5.75 Å². The number of amides is 1. The van der Waals surface area contributed by atoms with E-state index >= 15 is 0 Å². The fourth-order valence-corrected chi connectivity index (χ4v) is 2.74. The number of nitrogens with zero attached hydrogens (tertiary/aromatic N) is 2. The molecule has 5 heteroatoms. The topological polar surface area (TPSA) is 56.1 Å². The van der Waals surface area contributed by atoms with Gasteiger partial charge in [-0.05, 0) is 43.2 Å². The van der Waals surface area contributed by atoms with Gasteiger partial charge >= 0.3 is 0 Å². The summed E-state index contributed by atoms with van der Waals surface area (Å²) >= 11 is 0. The molecule has 0 aliphatic heterocycles. The number of hydrogen-bond donors (Lipinski definition) is 1. The van der Waals surface area contributed by atoms with Crippen LogP contribution in [0.25, 0.3) is 11.0 Å². The van der Waals surface area contributed by atoms with E-state index < -0.39 is 0 Å². The van der Waals surface area contributed by atoms with Gasteiger partial charge in [0.2, 0.25) is 5.91 Å². The lowest BCUT2D eigenvalue weighted by Crippen LogP contribution is -2.25. The monoisotopic (exact) mass is 337 g/mol. The molecule has 1 aromatic heterocycles. The number of para-hydroxylation sites is 2. The van der Waals surface area contributed by atoms with Crippen molar-refractivity contribution >= 4 is 16.9 Å². The van der Waals surface area contributed by atoms with Gasteiger partial charge in [0.15, 0.2) is 0 Å². The summed E-state index contributed by atoms with van der Waals surface area (Å²) in [6, 6.07) is 14.0. The maximum atomic E-state index is 12.1. The number of benzene rings is 2. The molecule has 130 valence electrons. The van der Waals surface area contributed by atoms with Crippen molar-refractivity contribution < 1.29 is 9.53 Å². The van der Waals surface area contributed by atoms with Gasteiger partial charge in [-0.15, -0.1) is 0 Å². The number of fused-ring (bicyclic) bond motifs is 1. The van der Waals surface area contributed by atoms with Crippen LogP contribution in [-0.2, 0) is 18.4 Å². The molecule has 1 heterocycles. The maximum absolute atomic E-state index is 12.1. The molecule has 0 saturated heterocycles. The molecule has 5 nitrogen and oxygen atoms in total. The first kappa shape index (κ1) is 17.0. The number of nitrogens with one attached hydrogen (secondary N) is 1. The molecule has 0 spiro atoms. The van der Waals surface area contributed by atoms with Crippen molar-refractivity contribution in [2.45, 2.75) is 26.8 Å². The average Bonchev–Trinajstić information content (AvgIpc) is 2.92. The fourth-order valence-electron chi connectivity index (χ4n) is 2.74. The Morgan fingerprint density at radius 3 is 2.80 bits per heavy atom. The largest absolute Gasteiger partial charge is 0.493 e. The molecular formula is C20H23N3O2. The maximum Gasteiger partial charge on any atom is 0.223 e. The standard InChI is InChI=1S/C20H23N3O2/c1-14-8-9-15(2)18(12-14)25-11-10-20(24)21-13-19-22-16-6-4-5-7-17(16)23(19)3/h4-9,12H,10-11,13H2,1-3H3,(H,21,24). The van der Waals surface area contributed by atoms with Crippen molar-refractivity contribution in [1.29, 1.82) is 0 Å². The lowest BCUT2D eigenvalue weighted by molar-refractivity contribution is -0.121. The van der Waals surface area contributed by atoms with Crippen molar-refractivity contribution in [3.63, 3.8) is 0 Å². The number of aromatic nitrogens is 2. The van der Waals surface area contributed by atoms with Crippen molar-refractivity contribution in [3.05, 3.63) is 59.4 Å². The van der Waals surface area contributed by atoms with Gasteiger partial charge in [0.1, 0.15) is 11.6 Å². The Morgan fingerprint density at radius 1 is 1.20 bits per heavy atom. The van der Waals surface area contributed by atoms with E-state index in [-0.39, 0.29) is 5.91 Å². The molecule has 1 N–H and O–H groups in total. The number of hydrogen-bond acceptors (Lipinski definition) is 3. The summed E-state index contributed by atoms with van der Waals surface area (Å²) in [6.45, 7) is 4.79. The summed E-state index contributed by atoms with van der Waals surface area (Å²) in [5.74, 6) is 1.63. The van der Waals surface area contributed by atoms with Crippen LogP contribution in [0.1, 0.15) is 23.4 Å². The van der Waals surface area contributed by atoms with E-state index in [9.17, 15) is 4.79 Å². The Morgan fingerprint density at radius 2 is 2.00 bits per heavy atom. The van der Waals surface area contributed by atoms with E-state index in [4.69, 9.17) is 4.74 Å². The first-order valence-electron chi connectivity index (χ1n) is 8.41. The second-order valence-corrected chi connectivity index (χ2v) is 6.22. The summed E-state index contributed by atoms with van der Waals surface area (Å²) in [5, 5.41) is 2.91. The van der Waals surface area contributed by atoms with Gasteiger partial charge in [-0.1, -0.05) is 24.3 Å². The SMILES string of the molecule is Cc1ccc(C)c(OCCC(=O)NCc2nc3ccccc3n2C)c1. The summed E-state index contributed by atoms with van der Waals surface area (Å²) in [7, 11) is 1.96. The molecular weight excluding hydrogens is 314 g/mol. The Hall–Kier alpha value is -2.82. The Kier molecular flexibility index (Phi) is 5.03. The van der Waals surface area contributed by atoms with E-state index in [1.54, 1.807) is 0 Å². The van der Waals surface area contributed by atoms with Crippen LogP contribution in [0.4, 0.5) is 0 Å². The van der Waals surface area contributed by atoms with Crippen LogP contribution < -0.4 is 10.1 Å². The van der Waals surface area contributed by atoms with Gasteiger partial charge in [-0.25, -0.2) is 4.98 Å². The van der Waals surface area contributed by atoms with Crippen LogP contribution in [0.2, 0.25) is 0 Å². The molecule has 2 aromatic carbocycles. The Balaban J connectivity index is 1.51. The fraction of sp³-hybridized carbons (Fsp3) is 0.300. The lowest BCUT2D eigenvalue weighted by Gasteiger charge is -2.10. The van der Waals surface area contributed by atoms with Gasteiger partial charge in [-0.2, -0.15) is 0 Å². The molecule has 0 radical (unpaired) electrons. The van der Waals surface area contributed by atoms with E-state index in [0.717, 1.165) is 33.7 Å². The zero-order valence-corrected chi connectivity index (χ0v) is 14.9. The van der Waals surface area contributed by atoms with Crippen molar-refractivity contribution in [2.24, 2.45) is 7.05 Å². The van der Waals surface area contributed by atoms with Crippen LogP contribution in [0.3, 0.4) is 0 Å². The lowest BCUT2D eigenvalue weighted by atomic mass is 10.1. The highest BCUT2D eigenvalue weighted by Gasteiger charge is 2.09. The number of rotatable bonds is 6. The minimum absolute atomic E-state index is 0.0441. The quantitative estimate of drug-likeness (QED) is 0.751. The van der Waals surface area contributed by atoms with Crippen molar-refractivity contribution in [1.82, 2.24) is 14.9 Å². The van der Waals surface area contributed by atoms with Gasteiger partial charge in [0.25, 0.3) is 0 Å². The summed E-state index contributed by atoms with van der Waals surface area (Å²) < 4.78 is 7.73. The van der Waals surface area contributed by atoms with E-state index in [2.05, 4.69) is 10.3 Å². The number of imidazole rings is 1. The molecule has 0 atom stereocenters. The Labute approximate surface area is 147 Å². The molecule has 0 aliphatic rings. The first-order valence-corrected chi connectivity index (χ1v) is 8.41. The van der Waals surface area contributed by atoms with Crippen LogP contribution >= 0.6 is 0 Å². The molecule has 1 amide bonds. The summed E-state index contributed by atoms with van der Waals surface area (Å²) in [6.07, 6.45) is 0.317. The first-order chi connectivity index (χ1) is 12.0. The summed E-state index contributed by atoms with van der Waals surface area (Å²) in [5.41, 5.74) is 4.22. The van der Waals surface area contributed by atoms with Crippen molar-refractivity contribution in [2.75, 3.05) is 6.61 Å². The van der Waals surface area contributed by atoms with E-state index in [0.29, 0.717) is 19.6 Å². The minimum atomic E-state index is -0.0441. The van der Waals surface area contributed by atoms with Crippen LogP contribution in [0.15, 0.2) is 42.5 Å².